The number of nitrogens with two attached hydrogens (primary N) is 2. The van der Waals surface area contributed by atoms with Crippen molar-refractivity contribution in [1.29, 1.82) is 0 Å². The van der Waals surface area contributed by atoms with Gasteiger partial charge in [0.2, 0.25) is 5.91 Å². The van der Waals surface area contributed by atoms with Crippen LogP contribution in [0.15, 0.2) is 24.3 Å². The molecular formula is C12H15F3N2O. The van der Waals surface area contributed by atoms with E-state index in [0.717, 1.165) is 17.7 Å². The van der Waals surface area contributed by atoms with Gasteiger partial charge in [-0.3, -0.25) is 4.79 Å². The number of amides is 1. The molecule has 0 unspecified atom stereocenters. The lowest BCUT2D eigenvalue weighted by Crippen LogP contribution is -2.36. The third kappa shape index (κ3) is 4.37. The van der Waals surface area contributed by atoms with Gasteiger partial charge in [-0.25, -0.2) is 0 Å². The highest BCUT2D eigenvalue weighted by molar-refractivity contribution is 5.79. The molecule has 0 radical (unpaired) electrons. The van der Waals surface area contributed by atoms with E-state index in [1.54, 1.807) is 0 Å². The Kier molecular flexibility index (Phi) is 4.72. The first-order valence-corrected chi connectivity index (χ1v) is 5.51. The quantitative estimate of drug-likeness (QED) is 0.848. The van der Waals surface area contributed by atoms with E-state index in [4.69, 9.17) is 11.5 Å². The summed E-state index contributed by atoms with van der Waals surface area (Å²) < 4.78 is 36.9. The maximum atomic E-state index is 12.3. The second-order valence-electron chi connectivity index (χ2n) is 4.10. The van der Waals surface area contributed by atoms with Crippen LogP contribution in [0.25, 0.3) is 0 Å². The Hall–Kier alpha value is -1.56. The maximum Gasteiger partial charge on any atom is 0.416 e. The molecule has 0 saturated heterocycles. The second kappa shape index (κ2) is 5.86. The summed E-state index contributed by atoms with van der Waals surface area (Å²) in [5, 5.41) is 0. The van der Waals surface area contributed by atoms with E-state index in [2.05, 4.69) is 0 Å². The highest BCUT2D eigenvalue weighted by atomic mass is 19.4. The predicted octanol–water partition coefficient (Wildman–Crippen LogP) is 1.84. The first kappa shape index (κ1) is 14.5. The topological polar surface area (TPSA) is 69.1 Å². The van der Waals surface area contributed by atoms with Crippen LogP contribution < -0.4 is 11.5 Å². The zero-order valence-electron chi connectivity index (χ0n) is 9.70. The Morgan fingerprint density at radius 3 is 2.22 bits per heavy atom. The fraction of sp³-hybridized carbons (Fsp3) is 0.417. The molecule has 100 valence electrons. The highest BCUT2D eigenvalue weighted by Crippen LogP contribution is 2.29. The van der Waals surface area contributed by atoms with Gasteiger partial charge in [-0.15, -0.1) is 0 Å². The van der Waals surface area contributed by atoms with Crippen LogP contribution in [0.1, 0.15) is 24.0 Å². The van der Waals surface area contributed by atoms with Crippen molar-refractivity contribution in [2.24, 2.45) is 11.5 Å². The first-order valence-electron chi connectivity index (χ1n) is 5.51. The minimum atomic E-state index is -4.31. The summed E-state index contributed by atoms with van der Waals surface area (Å²) >= 11 is 0. The van der Waals surface area contributed by atoms with E-state index in [0.29, 0.717) is 19.3 Å². The standard InChI is InChI=1S/C12H15F3N2O/c13-12(14,15)9-6-4-8(5-7-9)2-1-3-10(16)11(17)18/h4-7,10H,1-3,16H2,(H2,17,18)/t10-/m0/s1. The molecule has 1 rings (SSSR count). The Balaban J connectivity index is 2.47. The Morgan fingerprint density at radius 2 is 1.78 bits per heavy atom. The molecule has 0 bridgehead atoms. The monoisotopic (exact) mass is 260 g/mol. The van der Waals surface area contributed by atoms with E-state index in [-0.39, 0.29) is 0 Å². The van der Waals surface area contributed by atoms with E-state index >= 15 is 0 Å². The number of carbonyl (C=O) groups is 1. The van der Waals surface area contributed by atoms with E-state index in [9.17, 15) is 18.0 Å². The fourth-order valence-corrected chi connectivity index (χ4v) is 1.53. The number of primary amides is 1. The van der Waals surface area contributed by atoms with Crippen molar-refractivity contribution >= 4 is 5.91 Å². The molecule has 18 heavy (non-hydrogen) atoms. The number of hydrogen-bond donors (Lipinski definition) is 2. The van der Waals surface area contributed by atoms with Crippen LogP contribution in [0, 0.1) is 0 Å². The molecule has 0 saturated carbocycles. The van der Waals surface area contributed by atoms with Crippen LogP contribution in [0.2, 0.25) is 0 Å². The molecular weight excluding hydrogens is 245 g/mol. The van der Waals surface area contributed by atoms with Crippen molar-refractivity contribution in [3.05, 3.63) is 35.4 Å². The van der Waals surface area contributed by atoms with Crippen molar-refractivity contribution in [3.8, 4) is 0 Å². The number of benzene rings is 1. The summed E-state index contributed by atoms with van der Waals surface area (Å²) in [5.41, 5.74) is 10.5. The predicted molar refractivity (Wildman–Crippen MR) is 61.6 cm³/mol. The van der Waals surface area contributed by atoms with Gasteiger partial charge in [-0.05, 0) is 37.0 Å². The number of alkyl halides is 3. The lowest BCUT2D eigenvalue weighted by molar-refractivity contribution is -0.137. The van der Waals surface area contributed by atoms with Crippen molar-refractivity contribution in [2.45, 2.75) is 31.5 Å². The summed E-state index contributed by atoms with van der Waals surface area (Å²) in [6, 6.07) is 4.25. The van der Waals surface area contributed by atoms with Crippen molar-refractivity contribution in [1.82, 2.24) is 0 Å². The molecule has 0 aliphatic carbocycles. The summed E-state index contributed by atoms with van der Waals surface area (Å²) in [4.78, 5) is 10.7. The fourth-order valence-electron chi connectivity index (χ4n) is 1.53. The summed E-state index contributed by atoms with van der Waals surface area (Å²) in [5.74, 6) is -0.567. The molecule has 0 aromatic heterocycles. The molecule has 1 aromatic carbocycles. The van der Waals surface area contributed by atoms with Crippen LogP contribution in [-0.4, -0.2) is 11.9 Å². The number of carbonyl (C=O) groups excluding carboxylic acids is 1. The first-order chi connectivity index (χ1) is 8.30. The number of rotatable bonds is 5. The molecule has 0 aliphatic rings. The van der Waals surface area contributed by atoms with Crippen LogP contribution in [0.5, 0.6) is 0 Å². The molecule has 3 nitrogen and oxygen atoms in total. The molecule has 4 N–H and O–H groups in total. The highest BCUT2D eigenvalue weighted by Gasteiger charge is 2.29. The normalized spacial score (nSPS) is 13.3. The largest absolute Gasteiger partial charge is 0.416 e. The zero-order valence-corrected chi connectivity index (χ0v) is 9.70. The van der Waals surface area contributed by atoms with Gasteiger partial charge in [0.15, 0.2) is 0 Å². The summed E-state index contributed by atoms with van der Waals surface area (Å²) in [6.07, 6.45) is -2.71. The Bertz CT molecular complexity index is 401. The summed E-state index contributed by atoms with van der Waals surface area (Å²) in [7, 11) is 0. The van der Waals surface area contributed by atoms with Gasteiger partial charge in [0.05, 0.1) is 11.6 Å². The van der Waals surface area contributed by atoms with E-state index < -0.39 is 23.7 Å². The minimum Gasteiger partial charge on any atom is -0.368 e. The van der Waals surface area contributed by atoms with Gasteiger partial charge >= 0.3 is 6.18 Å². The SMILES string of the molecule is NC(=O)[C@@H](N)CCCc1ccc(C(F)(F)F)cc1. The van der Waals surface area contributed by atoms with Gasteiger partial charge < -0.3 is 11.5 Å². The molecule has 0 heterocycles. The van der Waals surface area contributed by atoms with Crippen molar-refractivity contribution in [3.63, 3.8) is 0 Å². The maximum absolute atomic E-state index is 12.3. The van der Waals surface area contributed by atoms with Gasteiger partial charge in [-0.2, -0.15) is 13.2 Å². The minimum absolute atomic E-state index is 0.427. The van der Waals surface area contributed by atoms with E-state index in [1.807, 2.05) is 0 Å². The molecule has 6 heteroatoms. The smallest absolute Gasteiger partial charge is 0.368 e. The van der Waals surface area contributed by atoms with E-state index in [1.165, 1.54) is 12.1 Å². The molecule has 1 amide bonds. The molecule has 1 atom stereocenters. The lowest BCUT2D eigenvalue weighted by Gasteiger charge is -2.09. The number of halogens is 3. The van der Waals surface area contributed by atoms with Crippen LogP contribution in [0.3, 0.4) is 0 Å². The molecule has 0 aliphatic heterocycles. The lowest BCUT2D eigenvalue weighted by atomic mass is 10.0. The molecule has 0 fully saturated rings. The third-order valence-corrected chi connectivity index (χ3v) is 2.63. The second-order valence-corrected chi connectivity index (χ2v) is 4.10. The van der Waals surface area contributed by atoms with Crippen LogP contribution >= 0.6 is 0 Å². The Morgan fingerprint density at radius 1 is 1.22 bits per heavy atom. The van der Waals surface area contributed by atoms with Gasteiger partial charge in [0.1, 0.15) is 0 Å². The van der Waals surface area contributed by atoms with Gasteiger partial charge in [0.25, 0.3) is 0 Å². The number of aryl methyl sites for hydroxylation is 1. The Labute approximate surface area is 103 Å². The van der Waals surface area contributed by atoms with Gasteiger partial charge in [0, 0.05) is 0 Å². The third-order valence-electron chi connectivity index (χ3n) is 2.63. The van der Waals surface area contributed by atoms with Crippen molar-refractivity contribution in [2.75, 3.05) is 0 Å². The van der Waals surface area contributed by atoms with Crippen LogP contribution in [-0.2, 0) is 17.4 Å². The van der Waals surface area contributed by atoms with Crippen LogP contribution in [0.4, 0.5) is 13.2 Å². The average molecular weight is 260 g/mol. The average Bonchev–Trinajstić information content (AvgIpc) is 2.28. The summed E-state index contributed by atoms with van der Waals surface area (Å²) in [6.45, 7) is 0. The zero-order chi connectivity index (χ0) is 13.8. The van der Waals surface area contributed by atoms with Gasteiger partial charge in [-0.1, -0.05) is 12.1 Å². The molecule has 1 aromatic rings. The number of hydrogen-bond acceptors (Lipinski definition) is 2. The molecule has 0 spiro atoms. The van der Waals surface area contributed by atoms with Crippen molar-refractivity contribution < 1.29 is 18.0 Å².